The van der Waals surface area contributed by atoms with Gasteiger partial charge in [0.15, 0.2) is 5.65 Å². The highest BCUT2D eigenvalue weighted by Gasteiger charge is 2.23. The number of anilines is 2. The summed E-state index contributed by atoms with van der Waals surface area (Å²) in [7, 11) is 1.62. The number of benzene rings is 1. The molecule has 0 amide bonds. The van der Waals surface area contributed by atoms with E-state index in [9.17, 15) is 4.39 Å². The Morgan fingerprint density at radius 1 is 1.18 bits per heavy atom. The van der Waals surface area contributed by atoms with Gasteiger partial charge in [0.2, 0.25) is 5.95 Å². The summed E-state index contributed by atoms with van der Waals surface area (Å²) in [4.78, 5) is 8.69. The van der Waals surface area contributed by atoms with Crippen molar-refractivity contribution in [2.45, 2.75) is 26.4 Å². The molecule has 0 saturated carbocycles. The minimum absolute atomic E-state index is 0.380. The molecule has 1 aromatic carbocycles. The second-order valence-electron chi connectivity index (χ2n) is 7.02. The summed E-state index contributed by atoms with van der Waals surface area (Å²) in [6.45, 7) is 4.93. The van der Waals surface area contributed by atoms with Crippen molar-refractivity contribution in [2.24, 2.45) is 0 Å². The third-order valence-corrected chi connectivity index (χ3v) is 4.39. The molecule has 4 aromatic rings. The fourth-order valence-corrected chi connectivity index (χ4v) is 3.06. The molecule has 0 aliphatic heterocycles. The highest BCUT2D eigenvalue weighted by molar-refractivity contribution is 5.63. The number of aromatic nitrogens is 5. The Morgan fingerprint density at radius 3 is 2.68 bits per heavy atom. The molecule has 0 aliphatic rings. The highest BCUT2D eigenvalue weighted by Crippen LogP contribution is 2.29. The number of nitrogens with one attached hydrogen (secondary N) is 1. The van der Waals surface area contributed by atoms with Gasteiger partial charge in [-0.15, -0.1) is 5.10 Å². The number of hydrogen-bond donors (Lipinski definition) is 1. The number of alkyl halides is 1. The fourth-order valence-electron chi connectivity index (χ4n) is 3.06. The average Bonchev–Trinajstić information content (AvgIpc) is 3.25. The molecular weight excluding hydrogens is 359 g/mol. The smallest absolute Gasteiger partial charge is 0.247 e. The molecule has 0 spiro atoms. The second-order valence-corrected chi connectivity index (χ2v) is 7.02. The first-order chi connectivity index (χ1) is 13.3. The number of pyridine rings is 1. The maximum absolute atomic E-state index is 14.5. The summed E-state index contributed by atoms with van der Waals surface area (Å²) in [5.41, 5.74) is 2.03. The number of halogens is 1. The number of nitrogens with zero attached hydrogens (tertiary/aromatic N) is 5. The van der Waals surface area contributed by atoms with Gasteiger partial charge in [0.25, 0.3) is 0 Å². The van der Waals surface area contributed by atoms with Crippen LogP contribution in [0.4, 0.5) is 16.0 Å². The number of hydrogen-bond acceptors (Lipinski definition) is 5. The molecule has 0 saturated heterocycles. The second kappa shape index (κ2) is 6.63. The summed E-state index contributed by atoms with van der Waals surface area (Å²) in [5, 5.41) is 7.57. The summed E-state index contributed by atoms with van der Waals surface area (Å²) in [5.74, 6) is 1.06. The minimum atomic E-state index is -1.53. The van der Waals surface area contributed by atoms with Crippen LogP contribution in [0.5, 0.6) is 5.75 Å². The average molecular weight is 380 g/mol. The number of ether oxygens (including phenoxy) is 1. The van der Waals surface area contributed by atoms with E-state index in [-0.39, 0.29) is 0 Å². The Balaban J connectivity index is 1.68. The number of imidazole rings is 1. The van der Waals surface area contributed by atoms with E-state index in [1.54, 1.807) is 31.6 Å². The van der Waals surface area contributed by atoms with E-state index in [1.807, 2.05) is 35.9 Å². The van der Waals surface area contributed by atoms with Gasteiger partial charge in [-0.2, -0.15) is 4.98 Å². The van der Waals surface area contributed by atoms with Crippen molar-refractivity contribution in [3.63, 3.8) is 0 Å². The molecule has 144 valence electrons. The fraction of sp³-hybridized carbons (Fsp3) is 0.250. The van der Waals surface area contributed by atoms with E-state index in [0.29, 0.717) is 23.0 Å². The van der Waals surface area contributed by atoms with Crippen LogP contribution in [0.25, 0.3) is 11.3 Å². The molecule has 0 bridgehead atoms. The molecule has 7 nitrogen and oxygen atoms in total. The third-order valence-electron chi connectivity index (χ3n) is 4.39. The van der Waals surface area contributed by atoms with Crippen molar-refractivity contribution in [3.8, 4) is 11.4 Å². The van der Waals surface area contributed by atoms with Crippen LogP contribution < -0.4 is 10.1 Å². The van der Waals surface area contributed by atoms with Crippen molar-refractivity contribution >= 4 is 17.3 Å². The van der Waals surface area contributed by atoms with E-state index >= 15 is 0 Å². The molecule has 4 rings (SSSR count). The molecule has 3 heterocycles. The molecule has 1 N–H and O–H groups in total. The zero-order valence-corrected chi connectivity index (χ0v) is 16.1. The van der Waals surface area contributed by atoms with Crippen molar-refractivity contribution in [1.29, 1.82) is 0 Å². The maximum Gasteiger partial charge on any atom is 0.247 e. The van der Waals surface area contributed by atoms with Crippen molar-refractivity contribution in [3.05, 3.63) is 60.3 Å². The molecule has 0 unspecified atom stereocenters. The predicted molar refractivity (Wildman–Crippen MR) is 105 cm³/mol. The van der Waals surface area contributed by atoms with E-state index in [2.05, 4.69) is 20.4 Å². The van der Waals surface area contributed by atoms with E-state index in [4.69, 9.17) is 4.74 Å². The lowest BCUT2D eigenvalue weighted by Gasteiger charge is -2.14. The van der Waals surface area contributed by atoms with Crippen LogP contribution in [0.2, 0.25) is 0 Å². The lowest BCUT2D eigenvalue weighted by Crippen LogP contribution is -2.15. The van der Waals surface area contributed by atoms with E-state index < -0.39 is 5.67 Å². The Hall–Kier alpha value is -3.42. The summed E-state index contributed by atoms with van der Waals surface area (Å²) in [6.07, 6.45) is 3.67. The number of methoxy groups -OCH3 is 1. The molecule has 0 atom stereocenters. The van der Waals surface area contributed by atoms with Gasteiger partial charge in [-0.05, 0) is 45.0 Å². The SMILES string of the molecule is COc1cc(Nc2nc3cccc(C(C)(C)F)n3n2)ccc1-n1cnc(C)c1. The Morgan fingerprint density at radius 2 is 2.00 bits per heavy atom. The van der Waals surface area contributed by atoms with Crippen LogP contribution in [-0.4, -0.2) is 31.3 Å². The van der Waals surface area contributed by atoms with Gasteiger partial charge in [0.1, 0.15) is 11.4 Å². The Labute approximate surface area is 161 Å². The van der Waals surface area contributed by atoms with E-state index in [1.165, 1.54) is 18.4 Å². The minimum Gasteiger partial charge on any atom is -0.494 e. The largest absolute Gasteiger partial charge is 0.494 e. The number of fused-ring (bicyclic) bond motifs is 1. The van der Waals surface area contributed by atoms with Crippen molar-refractivity contribution in [1.82, 2.24) is 24.1 Å². The van der Waals surface area contributed by atoms with Gasteiger partial charge in [0.05, 0.1) is 30.5 Å². The molecule has 3 aromatic heterocycles. The van der Waals surface area contributed by atoms with Crippen LogP contribution >= 0.6 is 0 Å². The Kier molecular flexibility index (Phi) is 4.26. The summed E-state index contributed by atoms with van der Waals surface area (Å²) >= 11 is 0. The number of aryl methyl sites for hydroxylation is 1. The van der Waals surface area contributed by atoms with Gasteiger partial charge in [-0.3, -0.25) is 0 Å². The van der Waals surface area contributed by atoms with Crippen LogP contribution in [-0.2, 0) is 5.67 Å². The van der Waals surface area contributed by atoms with Crippen LogP contribution in [0.3, 0.4) is 0 Å². The highest BCUT2D eigenvalue weighted by atomic mass is 19.1. The zero-order chi connectivity index (χ0) is 19.9. The number of rotatable bonds is 5. The molecule has 0 radical (unpaired) electrons. The first kappa shape index (κ1) is 18.0. The zero-order valence-electron chi connectivity index (χ0n) is 16.1. The lowest BCUT2D eigenvalue weighted by atomic mass is 10.1. The standard InChI is InChI=1S/C20H21FN6O/c1-13-11-26(12-22-13)15-9-8-14(10-16(15)28-4)23-19-24-18-7-5-6-17(20(2,3)21)27(18)25-19/h5-12H,1-4H3,(H,23,25). The molecular formula is C20H21FN6O. The van der Waals surface area contributed by atoms with Gasteiger partial charge < -0.3 is 14.6 Å². The maximum atomic E-state index is 14.5. The molecule has 28 heavy (non-hydrogen) atoms. The van der Waals surface area contributed by atoms with E-state index in [0.717, 1.165) is 17.1 Å². The van der Waals surface area contributed by atoms with Gasteiger partial charge in [0, 0.05) is 18.0 Å². The van der Waals surface area contributed by atoms with Crippen molar-refractivity contribution < 1.29 is 9.13 Å². The first-order valence-electron chi connectivity index (χ1n) is 8.86. The topological polar surface area (TPSA) is 69.3 Å². The monoisotopic (exact) mass is 380 g/mol. The van der Waals surface area contributed by atoms with Crippen LogP contribution in [0, 0.1) is 6.92 Å². The summed E-state index contributed by atoms with van der Waals surface area (Å²) in [6, 6.07) is 11.0. The molecule has 8 heteroatoms. The summed E-state index contributed by atoms with van der Waals surface area (Å²) < 4.78 is 23.4. The molecule has 0 aliphatic carbocycles. The van der Waals surface area contributed by atoms with Gasteiger partial charge in [-0.25, -0.2) is 13.9 Å². The quantitative estimate of drug-likeness (QED) is 0.562. The van der Waals surface area contributed by atoms with Gasteiger partial charge in [-0.1, -0.05) is 6.07 Å². The first-order valence-corrected chi connectivity index (χ1v) is 8.86. The third kappa shape index (κ3) is 3.28. The predicted octanol–water partition coefficient (Wildman–Crippen LogP) is 4.18. The molecule has 0 fully saturated rings. The van der Waals surface area contributed by atoms with Crippen LogP contribution in [0.15, 0.2) is 48.9 Å². The lowest BCUT2D eigenvalue weighted by molar-refractivity contribution is 0.210. The Bertz CT molecular complexity index is 1140. The van der Waals surface area contributed by atoms with Crippen LogP contribution in [0.1, 0.15) is 25.2 Å². The van der Waals surface area contributed by atoms with Gasteiger partial charge >= 0.3 is 0 Å². The normalized spacial score (nSPS) is 11.8. The van der Waals surface area contributed by atoms with Crippen molar-refractivity contribution in [2.75, 3.05) is 12.4 Å².